The van der Waals surface area contributed by atoms with Crippen LogP contribution in [0.3, 0.4) is 0 Å². The molecular weight excluding hydrogens is 302 g/mol. The molecule has 1 aromatic heterocycles. The number of carbonyl (C=O) groups is 1. The van der Waals surface area contributed by atoms with E-state index >= 15 is 0 Å². The molecule has 2 aromatic rings. The summed E-state index contributed by atoms with van der Waals surface area (Å²) in [5.41, 5.74) is 0.0621. The van der Waals surface area contributed by atoms with Crippen molar-refractivity contribution in [3.05, 3.63) is 52.8 Å². The van der Waals surface area contributed by atoms with Crippen molar-refractivity contribution < 1.29 is 9.90 Å². The largest absolute Gasteiger partial charge is 0.477 e. The highest BCUT2D eigenvalue weighted by Gasteiger charge is 2.05. The number of aromatic carboxylic acids is 1. The van der Waals surface area contributed by atoms with E-state index in [-0.39, 0.29) is 5.69 Å². The Balaban J connectivity index is 2.21. The van der Waals surface area contributed by atoms with Gasteiger partial charge in [0.15, 0.2) is 0 Å². The minimum absolute atomic E-state index is 0.0621. The molecule has 2 rings (SSSR count). The van der Waals surface area contributed by atoms with Gasteiger partial charge in [-0.3, -0.25) is 0 Å². The summed E-state index contributed by atoms with van der Waals surface area (Å²) in [4.78, 5) is 16.5. The topological polar surface area (TPSA) is 50.2 Å². The van der Waals surface area contributed by atoms with Gasteiger partial charge in [0.2, 0.25) is 0 Å². The first-order valence-electron chi connectivity index (χ1n) is 4.78. The Labute approximate surface area is 111 Å². The zero-order chi connectivity index (χ0) is 12.3. The summed E-state index contributed by atoms with van der Waals surface area (Å²) < 4.78 is 1.02. The molecule has 0 unspecified atom stereocenters. The Bertz CT molecular complexity index is 542. The third-order valence-electron chi connectivity index (χ3n) is 2.00. The number of carboxylic acid groups (broad SMARTS) is 1. The normalized spacial score (nSPS) is 10.2. The Kier molecular flexibility index (Phi) is 3.81. The molecular formula is C12H8BrNO2S. The monoisotopic (exact) mass is 309 g/mol. The second kappa shape index (κ2) is 5.33. The van der Waals surface area contributed by atoms with E-state index in [1.54, 1.807) is 12.1 Å². The van der Waals surface area contributed by atoms with E-state index < -0.39 is 5.97 Å². The van der Waals surface area contributed by atoms with Crippen LogP contribution in [0.4, 0.5) is 0 Å². The van der Waals surface area contributed by atoms with E-state index in [4.69, 9.17) is 5.11 Å². The van der Waals surface area contributed by atoms with E-state index in [1.165, 1.54) is 18.0 Å². The fraction of sp³-hybridized carbons (Fsp3) is 0. The summed E-state index contributed by atoms with van der Waals surface area (Å²) in [7, 11) is 0. The van der Waals surface area contributed by atoms with Crippen LogP contribution in [0.15, 0.2) is 56.9 Å². The van der Waals surface area contributed by atoms with Crippen molar-refractivity contribution in [2.45, 2.75) is 9.79 Å². The number of rotatable bonds is 3. The summed E-state index contributed by atoms with van der Waals surface area (Å²) in [5.74, 6) is -1.01. The molecule has 0 spiro atoms. The zero-order valence-electron chi connectivity index (χ0n) is 8.63. The summed E-state index contributed by atoms with van der Waals surface area (Å²) >= 11 is 4.87. The fourth-order valence-corrected chi connectivity index (χ4v) is 2.34. The molecule has 0 aliphatic rings. The molecule has 0 saturated carbocycles. The number of carboxylic acids is 1. The van der Waals surface area contributed by atoms with Crippen molar-refractivity contribution in [1.29, 1.82) is 0 Å². The highest BCUT2D eigenvalue weighted by Crippen LogP contribution is 2.28. The lowest BCUT2D eigenvalue weighted by molar-refractivity contribution is 0.0690. The number of aromatic nitrogens is 1. The van der Waals surface area contributed by atoms with E-state index in [0.717, 1.165) is 14.3 Å². The average Bonchev–Trinajstić information content (AvgIpc) is 2.32. The van der Waals surface area contributed by atoms with Crippen LogP contribution < -0.4 is 0 Å². The van der Waals surface area contributed by atoms with Crippen molar-refractivity contribution in [3.8, 4) is 0 Å². The minimum Gasteiger partial charge on any atom is -0.477 e. The molecule has 0 bridgehead atoms. The SMILES string of the molecule is O=C(O)c1cc(Sc2ccc(Br)cc2)ccn1. The van der Waals surface area contributed by atoms with Crippen LogP contribution >= 0.6 is 27.7 Å². The molecule has 5 heteroatoms. The van der Waals surface area contributed by atoms with Gasteiger partial charge in [-0.25, -0.2) is 9.78 Å². The van der Waals surface area contributed by atoms with Crippen molar-refractivity contribution in [1.82, 2.24) is 4.98 Å². The number of benzene rings is 1. The number of hydrogen-bond donors (Lipinski definition) is 1. The lowest BCUT2D eigenvalue weighted by Crippen LogP contribution is -1.99. The molecule has 86 valence electrons. The number of pyridine rings is 1. The third-order valence-corrected chi connectivity index (χ3v) is 3.53. The molecule has 1 aromatic carbocycles. The second-order valence-corrected chi connectivity index (χ2v) is 5.30. The molecule has 0 saturated heterocycles. The Morgan fingerprint density at radius 2 is 1.88 bits per heavy atom. The lowest BCUT2D eigenvalue weighted by atomic mass is 10.3. The smallest absolute Gasteiger partial charge is 0.354 e. The number of hydrogen-bond acceptors (Lipinski definition) is 3. The van der Waals surface area contributed by atoms with Crippen LogP contribution in [0.1, 0.15) is 10.5 Å². The summed E-state index contributed by atoms with van der Waals surface area (Å²) in [6, 6.07) is 11.2. The molecule has 0 amide bonds. The Morgan fingerprint density at radius 3 is 2.53 bits per heavy atom. The maximum atomic E-state index is 10.8. The van der Waals surface area contributed by atoms with Gasteiger partial charge in [0, 0.05) is 20.5 Å². The van der Waals surface area contributed by atoms with Crippen molar-refractivity contribution in [3.63, 3.8) is 0 Å². The predicted octanol–water partition coefficient (Wildman–Crippen LogP) is 3.69. The molecule has 1 heterocycles. The molecule has 0 aliphatic carbocycles. The van der Waals surface area contributed by atoms with Crippen molar-refractivity contribution in [2.75, 3.05) is 0 Å². The first kappa shape index (κ1) is 12.1. The van der Waals surface area contributed by atoms with Gasteiger partial charge in [-0.2, -0.15) is 0 Å². The van der Waals surface area contributed by atoms with Gasteiger partial charge >= 0.3 is 5.97 Å². The maximum Gasteiger partial charge on any atom is 0.354 e. The molecule has 0 aliphatic heterocycles. The van der Waals surface area contributed by atoms with Crippen LogP contribution in [-0.4, -0.2) is 16.1 Å². The standard InChI is InChI=1S/C12H8BrNO2S/c13-8-1-3-9(4-2-8)17-10-5-6-14-11(7-10)12(15)16/h1-7H,(H,15,16). The van der Waals surface area contributed by atoms with Gasteiger partial charge in [-0.1, -0.05) is 27.7 Å². The van der Waals surface area contributed by atoms with E-state index in [1.807, 2.05) is 24.3 Å². The first-order valence-corrected chi connectivity index (χ1v) is 6.39. The van der Waals surface area contributed by atoms with E-state index in [0.29, 0.717) is 0 Å². The van der Waals surface area contributed by atoms with Gasteiger partial charge in [0.1, 0.15) is 5.69 Å². The number of nitrogens with zero attached hydrogens (tertiary/aromatic N) is 1. The Morgan fingerprint density at radius 1 is 1.18 bits per heavy atom. The molecule has 1 N–H and O–H groups in total. The van der Waals surface area contributed by atoms with Crippen LogP contribution in [0.5, 0.6) is 0 Å². The highest BCUT2D eigenvalue weighted by molar-refractivity contribution is 9.10. The molecule has 3 nitrogen and oxygen atoms in total. The van der Waals surface area contributed by atoms with E-state index in [9.17, 15) is 4.79 Å². The number of halogens is 1. The second-order valence-electron chi connectivity index (χ2n) is 3.24. The summed E-state index contributed by atoms with van der Waals surface area (Å²) in [6.07, 6.45) is 1.50. The van der Waals surface area contributed by atoms with Gasteiger partial charge < -0.3 is 5.11 Å². The zero-order valence-corrected chi connectivity index (χ0v) is 11.0. The highest BCUT2D eigenvalue weighted by atomic mass is 79.9. The predicted molar refractivity (Wildman–Crippen MR) is 69.5 cm³/mol. The Hall–Kier alpha value is -1.33. The molecule has 17 heavy (non-hydrogen) atoms. The molecule has 0 radical (unpaired) electrons. The first-order chi connectivity index (χ1) is 8.15. The van der Waals surface area contributed by atoms with Crippen LogP contribution in [-0.2, 0) is 0 Å². The van der Waals surface area contributed by atoms with Crippen molar-refractivity contribution in [2.24, 2.45) is 0 Å². The molecule has 0 atom stereocenters. The minimum atomic E-state index is -1.01. The third kappa shape index (κ3) is 3.31. The van der Waals surface area contributed by atoms with Crippen LogP contribution in [0, 0.1) is 0 Å². The van der Waals surface area contributed by atoms with Crippen molar-refractivity contribution >= 4 is 33.7 Å². The van der Waals surface area contributed by atoms with Crippen LogP contribution in [0.2, 0.25) is 0 Å². The fourth-order valence-electron chi connectivity index (χ4n) is 1.23. The van der Waals surface area contributed by atoms with Gasteiger partial charge in [-0.05, 0) is 36.4 Å². The molecule has 0 fully saturated rings. The quantitative estimate of drug-likeness (QED) is 0.939. The van der Waals surface area contributed by atoms with Crippen LogP contribution in [0.25, 0.3) is 0 Å². The summed E-state index contributed by atoms with van der Waals surface area (Å²) in [5, 5.41) is 8.83. The maximum absolute atomic E-state index is 10.8. The van der Waals surface area contributed by atoms with E-state index in [2.05, 4.69) is 20.9 Å². The van der Waals surface area contributed by atoms with Gasteiger partial charge in [0.05, 0.1) is 0 Å². The average molecular weight is 310 g/mol. The van der Waals surface area contributed by atoms with Gasteiger partial charge in [0.25, 0.3) is 0 Å². The summed E-state index contributed by atoms with van der Waals surface area (Å²) in [6.45, 7) is 0. The lowest BCUT2D eigenvalue weighted by Gasteiger charge is -2.02. The van der Waals surface area contributed by atoms with Gasteiger partial charge in [-0.15, -0.1) is 0 Å².